The van der Waals surface area contributed by atoms with Crippen LogP contribution in [0.5, 0.6) is 0 Å². The van der Waals surface area contributed by atoms with E-state index in [4.69, 9.17) is 40.5 Å². The summed E-state index contributed by atoms with van der Waals surface area (Å²) < 4.78 is 0. The number of rotatable bonds is 3. The lowest BCUT2D eigenvalue weighted by atomic mass is 10.2. The molecule has 0 atom stereocenters. The lowest BCUT2D eigenvalue weighted by molar-refractivity contribution is 1.38. The number of hydrogen-bond acceptors (Lipinski definition) is 2. The number of nitrogen functional groups attached to an aromatic ring is 1. The van der Waals surface area contributed by atoms with Crippen molar-refractivity contribution >= 4 is 52.3 Å². The molecule has 2 aromatic rings. The van der Waals surface area contributed by atoms with Gasteiger partial charge in [-0.3, -0.25) is 0 Å². The zero-order chi connectivity index (χ0) is 13.1. The van der Waals surface area contributed by atoms with Crippen molar-refractivity contribution in [2.75, 3.05) is 5.73 Å². The summed E-state index contributed by atoms with van der Waals surface area (Å²) >= 11 is 19.7. The van der Waals surface area contributed by atoms with Gasteiger partial charge in [-0.2, -0.15) is 0 Å². The van der Waals surface area contributed by atoms with Gasteiger partial charge in [0.15, 0.2) is 0 Å². The van der Waals surface area contributed by atoms with Crippen molar-refractivity contribution in [2.24, 2.45) is 0 Å². The van der Waals surface area contributed by atoms with Crippen molar-refractivity contribution in [1.82, 2.24) is 0 Å². The number of nitrogens with two attached hydrogens (primary N) is 1. The van der Waals surface area contributed by atoms with Crippen LogP contribution in [0.15, 0.2) is 41.3 Å². The molecule has 0 aliphatic carbocycles. The van der Waals surface area contributed by atoms with E-state index in [1.165, 1.54) is 0 Å². The largest absolute Gasteiger partial charge is 0.399 e. The standard InChI is InChI=1S/C13H10Cl3NS/c14-9-1-3-11(15)8(5-9)7-18-13-6-10(17)2-4-12(13)16/h1-6H,7,17H2. The van der Waals surface area contributed by atoms with Crippen LogP contribution in [0, 0.1) is 0 Å². The quantitative estimate of drug-likeness (QED) is 0.595. The van der Waals surface area contributed by atoms with Crippen LogP contribution in [0.4, 0.5) is 5.69 Å². The molecule has 2 N–H and O–H groups in total. The maximum Gasteiger partial charge on any atom is 0.0543 e. The summed E-state index contributed by atoms with van der Waals surface area (Å²) in [6.07, 6.45) is 0. The number of thioether (sulfide) groups is 1. The minimum atomic E-state index is 0.675. The highest BCUT2D eigenvalue weighted by atomic mass is 35.5. The Morgan fingerprint density at radius 1 is 0.944 bits per heavy atom. The van der Waals surface area contributed by atoms with Gasteiger partial charge in [-0.05, 0) is 42.0 Å². The first kappa shape index (κ1) is 13.9. The van der Waals surface area contributed by atoms with Gasteiger partial charge in [-0.25, -0.2) is 0 Å². The SMILES string of the molecule is Nc1ccc(Cl)c(SCc2cc(Cl)ccc2Cl)c1. The molecule has 0 radical (unpaired) electrons. The van der Waals surface area contributed by atoms with Gasteiger partial charge >= 0.3 is 0 Å². The van der Waals surface area contributed by atoms with Crippen molar-refractivity contribution in [2.45, 2.75) is 10.6 Å². The first-order valence-electron chi connectivity index (χ1n) is 5.18. The molecule has 2 aromatic carbocycles. The van der Waals surface area contributed by atoms with Crippen LogP contribution in [-0.2, 0) is 5.75 Å². The Hall–Kier alpha value is -0.540. The average molecular weight is 319 g/mol. The molecule has 94 valence electrons. The second-order valence-corrected chi connectivity index (χ2v) is 5.98. The van der Waals surface area contributed by atoms with Crippen LogP contribution in [0.1, 0.15) is 5.56 Å². The van der Waals surface area contributed by atoms with Crippen molar-refractivity contribution in [3.8, 4) is 0 Å². The van der Waals surface area contributed by atoms with Gasteiger partial charge in [0, 0.05) is 26.4 Å². The second kappa shape index (κ2) is 6.07. The topological polar surface area (TPSA) is 26.0 Å². The Morgan fingerprint density at radius 2 is 1.67 bits per heavy atom. The van der Waals surface area contributed by atoms with E-state index in [0.717, 1.165) is 10.5 Å². The molecule has 0 amide bonds. The first-order valence-corrected chi connectivity index (χ1v) is 7.30. The van der Waals surface area contributed by atoms with Crippen molar-refractivity contribution in [3.05, 3.63) is 57.0 Å². The molecule has 0 aliphatic heterocycles. The monoisotopic (exact) mass is 317 g/mol. The molecule has 0 spiro atoms. The van der Waals surface area contributed by atoms with Crippen molar-refractivity contribution in [3.63, 3.8) is 0 Å². The number of hydrogen-bond donors (Lipinski definition) is 1. The fourth-order valence-corrected chi connectivity index (χ4v) is 3.15. The molecule has 18 heavy (non-hydrogen) atoms. The highest BCUT2D eigenvalue weighted by Gasteiger charge is 2.05. The van der Waals surface area contributed by atoms with Crippen LogP contribution in [0.3, 0.4) is 0 Å². The second-order valence-electron chi connectivity index (χ2n) is 3.71. The molecule has 0 saturated heterocycles. The molecule has 1 nitrogen and oxygen atoms in total. The van der Waals surface area contributed by atoms with Gasteiger partial charge in [0.05, 0.1) is 5.02 Å². The molecular formula is C13H10Cl3NS. The summed E-state index contributed by atoms with van der Waals surface area (Å²) in [6.45, 7) is 0. The third-order valence-electron chi connectivity index (χ3n) is 2.35. The molecule has 0 bridgehead atoms. The van der Waals surface area contributed by atoms with E-state index in [0.29, 0.717) is 26.5 Å². The van der Waals surface area contributed by atoms with Crippen LogP contribution in [0.2, 0.25) is 15.1 Å². The maximum atomic E-state index is 6.10. The summed E-state index contributed by atoms with van der Waals surface area (Å²) in [4.78, 5) is 0.938. The number of halogens is 3. The normalized spacial score (nSPS) is 10.6. The fourth-order valence-electron chi connectivity index (χ4n) is 1.44. The average Bonchev–Trinajstić information content (AvgIpc) is 2.34. The van der Waals surface area contributed by atoms with E-state index in [2.05, 4.69) is 0 Å². The van der Waals surface area contributed by atoms with Crippen LogP contribution < -0.4 is 5.73 Å². The van der Waals surface area contributed by atoms with Crippen LogP contribution >= 0.6 is 46.6 Å². The van der Waals surface area contributed by atoms with E-state index < -0.39 is 0 Å². The lowest BCUT2D eigenvalue weighted by Gasteiger charge is -2.07. The number of benzene rings is 2. The predicted octanol–water partition coefficient (Wildman–Crippen LogP) is 5.52. The van der Waals surface area contributed by atoms with Gasteiger partial charge < -0.3 is 5.73 Å². The minimum Gasteiger partial charge on any atom is -0.399 e. The maximum absolute atomic E-state index is 6.10. The molecule has 5 heteroatoms. The van der Waals surface area contributed by atoms with Gasteiger partial charge in [-0.1, -0.05) is 34.8 Å². The lowest BCUT2D eigenvalue weighted by Crippen LogP contribution is -1.87. The Morgan fingerprint density at radius 3 is 2.44 bits per heavy atom. The van der Waals surface area contributed by atoms with Gasteiger partial charge in [-0.15, -0.1) is 11.8 Å². The van der Waals surface area contributed by atoms with E-state index in [9.17, 15) is 0 Å². The summed E-state index contributed by atoms with van der Waals surface area (Å²) in [5.74, 6) is 0.697. The molecule has 0 fully saturated rings. The Kier molecular flexibility index (Phi) is 4.68. The van der Waals surface area contributed by atoms with Gasteiger partial charge in [0.25, 0.3) is 0 Å². The van der Waals surface area contributed by atoms with Crippen LogP contribution in [0.25, 0.3) is 0 Å². The van der Waals surface area contributed by atoms with E-state index in [1.54, 1.807) is 36.0 Å². The highest BCUT2D eigenvalue weighted by molar-refractivity contribution is 7.98. The predicted molar refractivity (Wildman–Crippen MR) is 81.9 cm³/mol. The Labute approximate surface area is 125 Å². The Balaban J connectivity index is 2.16. The van der Waals surface area contributed by atoms with E-state index in [-0.39, 0.29) is 0 Å². The smallest absolute Gasteiger partial charge is 0.0543 e. The van der Waals surface area contributed by atoms with Gasteiger partial charge in [0.1, 0.15) is 0 Å². The third-order valence-corrected chi connectivity index (χ3v) is 4.50. The van der Waals surface area contributed by atoms with Crippen LogP contribution in [-0.4, -0.2) is 0 Å². The molecule has 0 saturated carbocycles. The molecule has 2 rings (SSSR count). The zero-order valence-corrected chi connectivity index (χ0v) is 12.4. The molecule has 0 heterocycles. The van der Waals surface area contributed by atoms with Gasteiger partial charge in [0.2, 0.25) is 0 Å². The van der Waals surface area contributed by atoms with E-state index >= 15 is 0 Å². The number of anilines is 1. The summed E-state index contributed by atoms with van der Waals surface area (Å²) in [7, 11) is 0. The minimum absolute atomic E-state index is 0.675. The first-order chi connectivity index (χ1) is 8.56. The summed E-state index contributed by atoms with van der Waals surface area (Å²) in [5, 5.41) is 2.06. The summed E-state index contributed by atoms with van der Waals surface area (Å²) in [6, 6.07) is 10.8. The third kappa shape index (κ3) is 3.48. The molecular weight excluding hydrogens is 309 g/mol. The van der Waals surface area contributed by atoms with E-state index in [1.807, 2.05) is 12.1 Å². The highest BCUT2D eigenvalue weighted by Crippen LogP contribution is 2.33. The molecule has 0 aromatic heterocycles. The molecule has 0 unspecified atom stereocenters. The molecule has 0 aliphatic rings. The van der Waals surface area contributed by atoms with Crippen molar-refractivity contribution < 1.29 is 0 Å². The summed E-state index contributed by atoms with van der Waals surface area (Å²) in [5.41, 5.74) is 7.40. The van der Waals surface area contributed by atoms with Crippen molar-refractivity contribution in [1.29, 1.82) is 0 Å². The zero-order valence-electron chi connectivity index (χ0n) is 9.29. The Bertz CT molecular complexity index is 521. The fraction of sp³-hybridized carbons (Fsp3) is 0.0769.